The molecule has 1 aliphatic heterocycles. The molecule has 1 heterocycles. The van der Waals surface area contributed by atoms with Crippen molar-refractivity contribution in [3.05, 3.63) is 36.4 Å². The van der Waals surface area contributed by atoms with Crippen LogP contribution in [0.25, 0.3) is 0 Å². The summed E-state index contributed by atoms with van der Waals surface area (Å²) >= 11 is 0. The third kappa shape index (κ3) is 4.58. The smallest absolute Gasteiger partial charge is 0.232 e. The molecule has 0 aromatic rings. The van der Waals surface area contributed by atoms with Gasteiger partial charge >= 0.3 is 0 Å². The van der Waals surface area contributed by atoms with Crippen molar-refractivity contribution in [2.45, 2.75) is 45.3 Å². The van der Waals surface area contributed by atoms with Crippen LogP contribution in [0.1, 0.15) is 27.2 Å². The molecule has 0 N–H and O–H groups in total. The van der Waals surface area contributed by atoms with E-state index in [9.17, 15) is 0 Å². The van der Waals surface area contributed by atoms with Crippen LogP contribution in [0.2, 0.25) is 18.1 Å². The van der Waals surface area contributed by atoms with Crippen LogP contribution in [0.5, 0.6) is 0 Å². The minimum absolute atomic E-state index is 0.240. The lowest BCUT2D eigenvalue weighted by atomic mass is 9.99. The summed E-state index contributed by atoms with van der Waals surface area (Å²) in [5.41, 5.74) is 1.01. The van der Waals surface area contributed by atoms with Gasteiger partial charge in [-0.05, 0) is 30.6 Å². The Morgan fingerprint density at radius 3 is 2.73 bits per heavy atom. The van der Waals surface area contributed by atoms with Crippen LogP contribution in [0, 0.1) is 5.92 Å². The lowest BCUT2D eigenvalue weighted by Crippen LogP contribution is -2.41. The van der Waals surface area contributed by atoms with Gasteiger partial charge < -0.3 is 13.9 Å². The summed E-state index contributed by atoms with van der Waals surface area (Å²) in [5.74, 6) is 0.978. The van der Waals surface area contributed by atoms with E-state index < -0.39 is 8.32 Å². The maximum absolute atomic E-state index is 6.32. The normalized spacial score (nSPS) is 24.0. The SMILES string of the molecule is CC(C)(C)[Si](C)(C)OCC1C=CC=C(N=C2COC=CO2)C1. The molecule has 0 bridgehead atoms. The highest BCUT2D eigenvalue weighted by atomic mass is 28.4. The number of hydrogen-bond donors (Lipinski definition) is 0. The van der Waals surface area contributed by atoms with Crippen LogP contribution in [-0.2, 0) is 13.9 Å². The maximum atomic E-state index is 6.32. The van der Waals surface area contributed by atoms with Crippen molar-refractivity contribution in [3.8, 4) is 0 Å². The van der Waals surface area contributed by atoms with Crippen molar-refractivity contribution in [3.63, 3.8) is 0 Å². The van der Waals surface area contributed by atoms with Crippen LogP contribution in [0.3, 0.4) is 0 Å². The Labute approximate surface area is 134 Å². The molecule has 0 radical (unpaired) electrons. The van der Waals surface area contributed by atoms with Gasteiger partial charge in [0, 0.05) is 18.2 Å². The van der Waals surface area contributed by atoms with Crippen molar-refractivity contribution in [1.82, 2.24) is 0 Å². The number of aliphatic imine (C=N–C) groups is 1. The number of nitrogens with zero attached hydrogens (tertiary/aromatic N) is 1. The van der Waals surface area contributed by atoms with Crippen molar-refractivity contribution in [1.29, 1.82) is 0 Å². The average molecular weight is 321 g/mol. The number of allylic oxidation sites excluding steroid dienone is 3. The second kappa shape index (κ2) is 6.83. The number of ether oxygens (including phenoxy) is 2. The van der Waals surface area contributed by atoms with Gasteiger partial charge in [0.25, 0.3) is 0 Å². The molecule has 1 aliphatic carbocycles. The van der Waals surface area contributed by atoms with E-state index in [2.05, 4.69) is 51.0 Å². The van der Waals surface area contributed by atoms with Gasteiger partial charge in [-0.25, -0.2) is 4.99 Å². The Morgan fingerprint density at radius 1 is 1.32 bits per heavy atom. The highest BCUT2D eigenvalue weighted by Gasteiger charge is 2.37. The number of hydrogen-bond acceptors (Lipinski definition) is 4. The van der Waals surface area contributed by atoms with E-state index in [1.807, 2.05) is 6.08 Å². The molecule has 0 saturated carbocycles. The summed E-state index contributed by atoms with van der Waals surface area (Å²) in [4.78, 5) is 4.52. The second-order valence-electron chi connectivity index (χ2n) is 7.28. The molecule has 0 aromatic carbocycles. The quantitative estimate of drug-likeness (QED) is 0.721. The van der Waals surface area contributed by atoms with Crippen LogP contribution in [0.4, 0.5) is 0 Å². The van der Waals surface area contributed by atoms with Gasteiger partial charge in [-0.15, -0.1) is 0 Å². The van der Waals surface area contributed by atoms with E-state index in [0.29, 0.717) is 18.4 Å². The first kappa shape index (κ1) is 17.0. The molecule has 0 aromatic heterocycles. The highest BCUT2D eigenvalue weighted by molar-refractivity contribution is 6.74. The molecule has 4 nitrogen and oxygen atoms in total. The van der Waals surface area contributed by atoms with Gasteiger partial charge in [0.15, 0.2) is 14.9 Å². The molecule has 122 valence electrons. The molecule has 2 rings (SSSR count). The second-order valence-corrected chi connectivity index (χ2v) is 12.1. The Kier molecular flexibility index (Phi) is 5.29. The van der Waals surface area contributed by atoms with Crippen LogP contribution >= 0.6 is 0 Å². The molecule has 0 saturated heterocycles. The van der Waals surface area contributed by atoms with Gasteiger partial charge in [0.05, 0.1) is 0 Å². The Bertz CT molecular complexity index is 512. The topological polar surface area (TPSA) is 40.0 Å². The zero-order valence-electron chi connectivity index (χ0n) is 14.3. The zero-order valence-corrected chi connectivity index (χ0v) is 15.3. The first-order valence-electron chi connectivity index (χ1n) is 7.80. The van der Waals surface area contributed by atoms with Gasteiger partial charge in [0.1, 0.15) is 12.5 Å². The Morgan fingerprint density at radius 2 is 2.09 bits per heavy atom. The van der Waals surface area contributed by atoms with Crippen LogP contribution < -0.4 is 0 Å². The fraction of sp³-hybridized carbons (Fsp3) is 0.588. The summed E-state index contributed by atoms with van der Waals surface area (Å²) in [6.45, 7) is 12.5. The van der Waals surface area contributed by atoms with Gasteiger partial charge in [0.2, 0.25) is 5.90 Å². The minimum atomic E-state index is -1.70. The molecule has 5 heteroatoms. The molecule has 22 heavy (non-hydrogen) atoms. The van der Waals surface area contributed by atoms with Crippen LogP contribution in [0.15, 0.2) is 41.4 Å². The molecule has 0 amide bonds. The molecular formula is C17H27NO3Si. The Hall–Kier alpha value is -1.33. The Balaban J connectivity index is 1.90. The first-order chi connectivity index (χ1) is 10.3. The monoisotopic (exact) mass is 321 g/mol. The lowest BCUT2D eigenvalue weighted by molar-refractivity contribution is 0.234. The summed E-state index contributed by atoms with van der Waals surface area (Å²) in [6.07, 6.45) is 10.2. The van der Waals surface area contributed by atoms with Crippen molar-refractivity contribution >= 4 is 14.2 Å². The van der Waals surface area contributed by atoms with Gasteiger partial charge in [-0.1, -0.05) is 32.9 Å². The first-order valence-corrected chi connectivity index (χ1v) is 10.7. The van der Waals surface area contributed by atoms with Gasteiger partial charge in [-0.2, -0.15) is 0 Å². The fourth-order valence-electron chi connectivity index (χ4n) is 1.98. The maximum Gasteiger partial charge on any atom is 0.232 e. The predicted octanol–water partition coefficient (Wildman–Crippen LogP) is 4.38. The molecule has 1 unspecified atom stereocenters. The predicted molar refractivity (Wildman–Crippen MR) is 92.1 cm³/mol. The van der Waals surface area contributed by atoms with Crippen molar-refractivity contribution in [2.24, 2.45) is 10.9 Å². The summed E-state index contributed by atoms with van der Waals surface area (Å²) in [6, 6.07) is 0. The largest absolute Gasteiger partial charge is 0.488 e. The highest BCUT2D eigenvalue weighted by Crippen LogP contribution is 2.37. The average Bonchev–Trinajstić information content (AvgIpc) is 2.46. The summed E-state index contributed by atoms with van der Waals surface area (Å²) in [5, 5.41) is 0.240. The van der Waals surface area contributed by atoms with E-state index in [0.717, 1.165) is 18.7 Å². The third-order valence-corrected chi connectivity index (χ3v) is 8.94. The zero-order chi connectivity index (χ0) is 16.2. The van der Waals surface area contributed by atoms with E-state index >= 15 is 0 Å². The fourth-order valence-corrected chi connectivity index (χ4v) is 3.04. The van der Waals surface area contributed by atoms with E-state index in [1.54, 1.807) is 0 Å². The molecule has 0 fully saturated rings. The van der Waals surface area contributed by atoms with E-state index in [4.69, 9.17) is 13.9 Å². The molecule has 0 spiro atoms. The number of rotatable bonds is 4. The van der Waals surface area contributed by atoms with Gasteiger partial charge in [-0.3, -0.25) is 0 Å². The minimum Gasteiger partial charge on any atom is -0.488 e. The molecule has 2 aliphatic rings. The van der Waals surface area contributed by atoms with E-state index in [1.165, 1.54) is 12.5 Å². The van der Waals surface area contributed by atoms with Crippen molar-refractivity contribution < 1.29 is 13.9 Å². The lowest BCUT2D eigenvalue weighted by Gasteiger charge is -2.37. The third-order valence-electron chi connectivity index (χ3n) is 4.44. The standard InChI is InChI=1S/C17H27NO3Si/c1-17(2,3)22(4,5)21-12-14-7-6-8-15(11-14)18-16-13-19-9-10-20-16/h6-10,14H,11-13H2,1-5H3. The molecule has 1 atom stereocenters. The summed E-state index contributed by atoms with van der Waals surface area (Å²) < 4.78 is 16.8. The summed E-state index contributed by atoms with van der Waals surface area (Å²) in [7, 11) is -1.70. The molecular weight excluding hydrogens is 294 g/mol. The van der Waals surface area contributed by atoms with Crippen LogP contribution in [-0.4, -0.2) is 27.4 Å². The van der Waals surface area contributed by atoms with E-state index in [-0.39, 0.29) is 5.04 Å². The van der Waals surface area contributed by atoms with Crippen molar-refractivity contribution in [2.75, 3.05) is 13.2 Å².